The fourth-order valence-corrected chi connectivity index (χ4v) is 1.31. The number of rotatable bonds is 9. The molecule has 19 heavy (non-hydrogen) atoms. The van der Waals surface area contributed by atoms with Gasteiger partial charge in [0, 0.05) is 12.0 Å². The molecule has 0 rings (SSSR count). The lowest BCUT2D eigenvalue weighted by Crippen LogP contribution is -2.33. The first-order valence-corrected chi connectivity index (χ1v) is 5.85. The highest BCUT2D eigenvalue weighted by molar-refractivity contribution is 5.85. The van der Waals surface area contributed by atoms with Crippen LogP contribution in [-0.4, -0.2) is 36.6 Å². The standard InChI is InChI=1S/C11H20F4N2O2/c1-10(2,9(16)17-18)5-3-4-6-19-7-11(14,15)8(12)13/h8,18H,3-7H2,1-2H3,(H2,16,17). The summed E-state index contributed by atoms with van der Waals surface area (Å²) in [5, 5.41) is 11.4. The second kappa shape index (κ2) is 7.52. The Labute approximate surface area is 109 Å². The summed E-state index contributed by atoms with van der Waals surface area (Å²) in [7, 11) is 0. The van der Waals surface area contributed by atoms with Crippen molar-refractivity contribution in [2.45, 2.75) is 45.5 Å². The molecular formula is C11H20F4N2O2. The van der Waals surface area contributed by atoms with E-state index < -0.39 is 24.4 Å². The molecule has 3 N–H and O–H groups in total. The predicted molar refractivity (Wildman–Crippen MR) is 62.8 cm³/mol. The third-order valence-electron chi connectivity index (χ3n) is 2.76. The highest BCUT2D eigenvalue weighted by Gasteiger charge is 2.40. The molecule has 0 bridgehead atoms. The van der Waals surface area contributed by atoms with Crippen LogP contribution in [-0.2, 0) is 4.74 Å². The van der Waals surface area contributed by atoms with E-state index in [0.717, 1.165) is 0 Å². The van der Waals surface area contributed by atoms with Gasteiger partial charge in [0.25, 0.3) is 0 Å². The summed E-state index contributed by atoms with van der Waals surface area (Å²) < 4.78 is 53.0. The molecule has 0 aromatic carbocycles. The number of hydrogen-bond donors (Lipinski definition) is 2. The van der Waals surface area contributed by atoms with Crippen LogP contribution < -0.4 is 5.73 Å². The van der Waals surface area contributed by atoms with Crippen LogP contribution >= 0.6 is 0 Å². The Morgan fingerprint density at radius 3 is 2.37 bits per heavy atom. The van der Waals surface area contributed by atoms with Crippen molar-refractivity contribution in [2.24, 2.45) is 16.3 Å². The molecule has 0 unspecified atom stereocenters. The zero-order chi connectivity index (χ0) is 15.1. The number of hydrogen-bond acceptors (Lipinski definition) is 3. The molecule has 0 atom stereocenters. The minimum absolute atomic E-state index is 0.0332. The first kappa shape index (κ1) is 17.9. The molecule has 114 valence electrons. The topological polar surface area (TPSA) is 67.8 Å². The monoisotopic (exact) mass is 288 g/mol. The fraction of sp³-hybridized carbons (Fsp3) is 0.909. The van der Waals surface area contributed by atoms with Crippen molar-refractivity contribution in [2.75, 3.05) is 13.2 Å². The first-order valence-electron chi connectivity index (χ1n) is 5.85. The summed E-state index contributed by atoms with van der Waals surface area (Å²) in [5.74, 6) is -4.02. The molecule has 8 heteroatoms. The highest BCUT2D eigenvalue weighted by Crippen LogP contribution is 2.24. The van der Waals surface area contributed by atoms with Gasteiger partial charge in [0.05, 0.1) is 0 Å². The van der Waals surface area contributed by atoms with Crippen molar-refractivity contribution >= 4 is 5.84 Å². The van der Waals surface area contributed by atoms with Crippen molar-refractivity contribution in [1.82, 2.24) is 0 Å². The third-order valence-corrected chi connectivity index (χ3v) is 2.76. The first-order chi connectivity index (χ1) is 8.63. The van der Waals surface area contributed by atoms with Crippen molar-refractivity contribution in [3.05, 3.63) is 0 Å². The van der Waals surface area contributed by atoms with Gasteiger partial charge < -0.3 is 15.7 Å². The molecule has 4 nitrogen and oxygen atoms in total. The molecule has 0 fully saturated rings. The summed E-state index contributed by atoms with van der Waals surface area (Å²) in [6.45, 7) is 2.23. The Balaban J connectivity index is 3.78. The number of unbranched alkanes of at least 4 members (excludes halogenated alkanes) is 1. The van der Waals surface area contributed by atoms with E-state index in [1.165, 1.54) is 0 Å². The SMILES string of the molecule is CC(C)(CCCCOCC(F)(F)C(F)F)C(N)=NO. The Kier molecular flexibility index (Phi) is 7.10. The van der Waals surface area contributed by atoms with E-state index in [1.54, 1.807) is 13.8 Å². The van der Waals surface area contributed by atoms with E-state index >= 15 is 0 Å². The van der Waals surface area contributed by atoms with E-state index in [1.807, 2.05) is 0 Å². The van der Waals surface area contributed by atoms with Crippen LogP contribution in [0.25, 0.3) is 0 Å². The molecule has 0 saturated heterocycles. The highest BCUT2D eigenvalue weighted by atomic mass is 19.3. The van der Waals surface area contributed by atoms with E-state index in [9.17, 15) is 17.6 Å². The zero-order valence-corrected chi connectivity index (χ0v) is 11.0. The number of amidine groups is 1. The Bertz CT molecular complexity index is 296. The lowest BCUT2D eigenvalue weighted by Gasteiger charge is -2.22. The van der Waals surface area contributed by atoms with Gasteiger partial charge in [-0.25, -0.2) is 8.78 Å². The zero-order valence-electron chi connectivity index (χ0n) is 11.0. The van der Waals surface area contributed by atoms with Gasteiger partial charge in [-0.2, -0.15) is 8.78 Å². The number of halogens is 4. The van der Waals surface area contributed by atoms with E-state index in [2.05, 4.69) is 9.89 Å². The Morgan fingerprint density at radius 2 is 1.89 bits per heavy atom. The summed E-state index contributed by atoms with van der Waals surface area (Å²) >= 11 is 0. The lowest BCUT2D eigenvalue weighted by atomic mass is 9.86. The maximum atomic E-state index is 12.5. The van der Waals surface area contributed by atoms with E-state index in [-0.39, 0.29) is 12.4 Å². The maximum absolute atomic E-state index is 12.5. The van der Waals surface area contributed by atoms with Crippen LogP contribution in [0.15, 0.2) is 5.16 Å². The van der Waals surface area contributed by atoms with Crippen LogP contribution in [0.3, 0.4) is 0 Å². The molecule has 0 aromatic heterocycles. The summed E-state index contributed by atoms with van der Waals surface area (Å²) in [5.41, 5.74) is 4.96. The quantitative estimate of drug-likeness (QED) is 0.171. The van der Waals surface area contributed by atoms with Crippen LogP contribution in [0.4, 0.5) is 17.6 Å². The van der Waals surface area contributed by atoms with Crippen LogP contribution in [0.1, 0.15) is 33.1 Å². The van der Waals surface area contributed by atoms with Gasteiger partial charge >= 0.3 is 12.3 Å². The number of nitrogens with zero attached hydrogens (tertiary/aromatic N) is 1. The van der Waals surface area contributed by atoms with Gasteiger partial charge in [-0.15, -0.1) is 0 Å². The van der Waals surface area contributed by atoms with Gasteiger partial charge in [0.1, 0.15) is 12.4 Å². The maximum Gasteiger partial charge on any atom is 0.330 e. The second-order valence-electron chi connectivity index (χ2n) is 4.94. The summed E-state index contributed by atoms with van der Waals surface area (Å²) in [6, 6.07) is 0. The second-order valence-corrected chi connectivity index (χ2v) is 4.94. The Morgan fingerprint density at radius 1 is 1.32 bits per heavy atom. The van der Waals surface area contributed by atoms with Gasteiger partial charge in [-0.3, -0.25) is 0 Å². The molecule has 0 aliphatic rings. The van der Waals surface area contributed by atoms with Gasteiger partial charge in [0.15, 0.2) is 0 Å². The molecule has 0 amide bonds. The average Bonchev–Trinajstić information content (AvgIpc) is 2.32. The Hall–Kier alpha value is -1.05. The predicted octanol–water partition coefficient (Wildman–Crippen LogP) is 2.85. The van der Waals surface area contributed by atoms with E-state index in [4.69, 9.17) is 10.9 Å². The molecule has 0 spiro atoms. The van der Waals surface area contributed by atoms with Crippen molar-refractivity contribution < 1.29 is 27.5 Å². The summed E-state index contributed by atoms with van der Waals surface area (Å²) in [6.07, 6.45) is -2.13. The molecule has 0 aliphatic carbocycles. The smallest absolute Gasteiger partial charge is 0.330 e. The number of oxime groups is 1. The van der Waals surface area contributed by atoms with Crippen LogP contribution in [0.5, 0.6) is 0 Å². The van der Waals surface area contributed by atoms with Gasteiger partial charge in [0.2, 0.25) is 0 Å². The van der Waals surface area contributed by atoms with Crippen molar-refractivity contribution in [3.63, 3.8) is 0 Å². The minimum atomic E-state index is -4.10. The number of nitrogens with two attached hydrogens (primary N) is 1. The molecule has 0 radical (unpaired) electrons. The molecule has 0 saturated carbocycles. The van der Waals surface area contributed by atoms with Crippen molar-refractivity contribution in [1.29, 1.82) is 0 Å². The molecule has 0 heterocycles. The van der Waals surface area contributed by atoms with Crippen LogP contribution in [0.2, 0.25) is 0 Å². The number of alkyl halides is 4. The third kappa shape index (κ3) is 6.60. The largest absolute Gasteiger partial charge is 0.409 e. The molecule has 0 aromatic rings. The molecular weight excluding hydrogens is 268 g/mol. The van der Waals surface area contributed by atoms with Crippen LogP contribution in [0, 0.1) is 5.41 Å². The normalized spacial score (nSPS) is 14.2. The minimum Gasteiger partial charge on any atom is -0.409 e. The van der Waals surface area contributed by atoms with Crippen molar-refractivity contribution in [3.8, 4) is 0 Å². The van der Waals surface area contributed by atoms with Gasteiger partial charge in [-0.05, 0) is 12.8 Å². The fourth-order valence-electron chi connectivity index (χ4n) is 1.31. The van der Waals surface area contributed by atoms with E-state index in [0.29, 0.717) is 19.3 Å². The summed E-state index contributed by atoms with van der Waals surface area (Å²) in [4.78, 5) is 0. The molecule has 0 aliphatic heterocycles. The van der Waals surface area contributed by atoms with Gasteiger partial charge in [-0.1, -0.05) is 25.4 Å². The lowest BCUT2D eigenvalue weighted by molar-refractivity contribution is -0.165. The number of ether oxygens (including phenoxy) is 1. The average molecular weight is 288 g/mol.